The van der Waals surface area contributed by atoms with E-state index in [1.165, 1.54) is 22.6 Å². The summed E-state index contributed by atoms with van der Waals surface area (Å²) in [6, 6.07) is 24.8. The lowest BCUT2D eigenvalue weighted by Gasteiger charge is -2.28. The monoisotopic (exact) mass is 497 g/mol. The van der Waals surface area contributed by atoms with Crippen molar-refractivity contribution in [1.82, 2.24) is 14.9 Å². The predicted octanol–water partition coefficient (Wildman–Crippen LogP) is 5.74. The molecule has 2 aromatic heterocycles. The van der Waals surface area contributed by atoms with Crippen LogP contribution in [0.3, 0.4) is 0 Å². The summed E-state index contributed by atoms with van der Waals surface area (Å²) in [6.07, 6.45) is 1.83. The molecule has 1 N–H and O–H groups in total. The summed E-state index contributed by atoms with van der Waals surface area (Å²) in [5, 5.41) is 4.23. The maximum Gasteiger partial charge on any atom is 0.174 e. The number of nitrogens with one attached hydrogen (secondary N) is 1. The van der Waals surface area contributed by atoms with Crippen LogP contribution in [-0.4, -0.2) is 35.9 Å². The van der Waals surface area contributed by atoms with Gasteiger partial charge >= 0.3 is 0 Å². The third kappa shape index (κ3) is 4.20. The van der Waals surface area contributed by atoms with Crippen LogP contribution in [0.25, 0.3) is 5.69 Å². The summed E-state index contributed by atoms with van der Waals surface area (Å²) in [5.74, 6) is 0.793. The summed E-state index contributed by atoms with van der Waals surface area (Å²) < 4.78 is 7.84. The number of hydrogen-bond acceptors (Lipinski definition) is 4. The molecule has 1 fully saturated rings. The molecule has 0 saturated carbocycles. The summed E-state index contributed by atoms with van der Waals surface area (Å²) in [6.45, 7) is 4.34. The molecule has 5 rings (SSSR count). The molecule has 1 aliphatic rings. The van der Waals surface area contributed by atoms with Crippen molar-refractivity contribution in [2.75, 3.05) is 31.0 Å². The molecule has 1 aliphatic heterocycles. The Morgan fingerprint density at radius 1 is 0.944 bits per heavy atom. The highest BCUT2D eigenvalue weighted by Gasteiger charge is 2.42. The van der Waals surface area contributed by atoms with Gasteiger partial charge in [0.1, 0.15) is 5.75 Å². The lowest BCUT2D eigenvalue weighted by atomic mass is 9.96. The molecule has 0 radical (unpaired) electrons. The van der Waals surface area contributed by atoms with E-state index in [0.717, 1.165) is 22.8 Å². The molecule has 2 aromatic carbocycles. The number of anilines is 2. The summed E-state index contributed by atoms with van der Waals surface area (Å²) in [7, 11) is 5.80. The van der Waals surface area contributed by atoms with E-state index in [2.05, 4.69) is 90.1 Å². The van der Waals surface area contributed by atoms with Gasteiger partial charge in [-0.1, -0.05) is 12.1 Å². The van der Waals surface area contributed by atoms with Gasteiger partial charge in [0, 0.05) is 54.8 Å². The van der Waals surface area contributed by atoms with Gasteiger partial charge in [-0.3, -0.25) is 4.98 Å². The molecule has 2 atom stereocenters. The van der Waals surface area contributed by atoms with Crippen molar-refractivity contribution in [2.24, 2.45) is 0 Å². The van der Waals surface area contributed by atoms with Gasteiger partial charge in [-0.2, -0.15) is 0 Å². The Morgan fingerprint density at radius 3 is 2.39 bits per heavy atom. The van der Waals surface area contributed by atoms with E-state index in [0.29, 0.717) is 5.11 Å². The number of benzene rings is 2. The van der Waals surface area contributed by atoms with E-state index in [4.69, 9.17) is 21.9 Å². The highest BCUT2D eigenvalue weighted by Crippen LogP contribution is 2.44. The zero-order valence-corrected chi connectivity index (χ0v) is 22.1. The molecule has 0 unspecified atom stereocenters. The van der Waals surface area contributed by atoms with Crippen LogP contribution in [0.1, 0.15) is 34.7 Å². The first-order chi connectivity index (χ1) is 17.4. The summed E-state index contributed by atoms with van der Waals surface area (Å²) in [5.41, 5.74) is 7.79. The number of rotatable bonds is 6. The summed E-state index contributed by atoms with van der Waals surface area (Å²) >= 11 is 5.91. The molecule has 3 heterocycles. The van der Waals surface area contributed by atoms with E-state index >= 15 is 0 Å². The number of pyridine rings is 1. The first kappa shape index (κ1) is 23.9. The van der Waals surface area contributed by atoms with Crippen LogP contribution in [0.2, 0.25) is 0 Å². The molecule has 36 heavy (non-hydrogen) atoms. The Bertz CT molecular complexity index is 1380. The maximum atomic E-state index is 5.91. The van der Waals surface area contributed by atoms with Gasteiger partial charge in [-0.05, 0) is 86.2 Å². The molecule has 184 valence electrons. The molecule has 0 amide bonds. The van der Waals surface area contributed by atoms with Crippen LogP contribution in [0, 0.1) is 13.8 Å². The van der Waals surface area contributed by atoms with Crippen molar-refractivity contribution in [2.45, 2.75) is 25.9 Å². The Kier molecular flexibility index (Phi) is 6.41. The van der Waals surface area contributed by atoms with E-state index in [-0.39, 0.29) is 12.1 Å². The first-order valence-electron chi connectivity index (χ1n) is 12.0. The average Bonchev–Trinajstić information content (AvgIpc) is 3.39. The van der Waals surface area contributed by atoms with Crippen LogP contribution < -0.4 is 19.9 Å². The number of methoxy groups -OCH3 is 1. The Balaban J connectivity index is 1.65. The second-order valence-corrected chi connectivity index (χ2v) is 9.66. The number of hydrogen-bond donors (Lipinski definition) is 1. The quantitative estimate of drug-likeness (QED) is 0.343. The van der Waals surface area contributed by atoms with Gasteiger partial charge in [0.25, 0.3) is 0 Å². The van der Waals surface area contributed by atoms with Gasteiger partial charge in [0.15, 0.2) is 5.11 Å². The minimum absolute atomic E-state index is 0.0829. The van der Waals surface area contributed by atoms with Crippen molar-refractivity contribution >= 4 is 28.7 Å². The molecule has 0 spiro atoms. The minimum Gasteiger partial charge on any atom is -0.497 e. The van der Waals surface area contributed by atoms with Crippen LogP contribution in [0.5, 0.6) is 5.75 Å². The van der Waals surface area contributed by atoms with E-state index in [1.54, 1.807) is 7.11 Å². The van der Waals surface area contributed by atoms with E-state index in [1.807, 2.05) is 36.5 Å². The van der Waals surface area contributed by atoms with Gasteiger partial charge in [0.05, 0.1) is 24.9 Å². The third-order valence-corrected chi connectivity index (χ3v) is 7.16. The number of nitrogens with zero attached hydrogens (tertiary/aromatic N) is 4. The fraction of sp³-hybridized carbons (Fsp3) is 0.241. The second-order valence-electron chi connectivity index (χ2n) is 9.27. The smallest absolute Gasteiger partial charge is 0.174 e. The van der Waals surface area contributed by atoms with Crippen LogP contribution >= 0.6 is 12.2 Å². The number of aromatic nitrogens is 2. The predicted molar refractivity (Wildman–Crippen MR) is 150 cm³/mol. The molecule has 0 aliphatic carbocycles. The van der Waals surface area contributed by atoms with Crippen LogP contribution in [0.15, 0.2) is 79.0 Å². The number of ether oxygens (including phenoxy) is 1. The third-order valence-electron chi connectivity index (χ3n) is 6.84. The Labute approximate surface area is 218 Å². The average molecular weight is 498 g/mol. The Morgan fingerprint density at radius 2 is 1.72 bits per heavy atom. The lowest BCUT2D eigenvalue weighted by Crippen LogP contribution is -2.29. The van der Waals surface area contributed by atoms with Crippen molar-refractivity contribution in [3.8, 4) is 11.4 Å². The van der Waals surface area contributed by atoms with Gasteiger partial charge in [-0.15, -0.1) is 0 Å². The molecule has 1 saturated heterocycles. The Hall–Kier alpha value is -3.84. The second kappa shape index (κ2) is 9.66. The normalized spacial score (nSPS) is 17.2. The summed E-state index contributed by atoms with van der Waals surface area (Å²) in [4.78, 5) is 8.99. The number of aryl methyl sites for hydroxylation is 1. The maximum absolute atomic E-state index is 5.91. The van der Waals surface area contributed by atoms with Crippen LogP contribution in [-0.2, 0) is 0 Å². The van der Waals surface area contributed by atoms with E-state index < -0.39 is 0 Å². The standard InChI is InChI=1S/C29H31N5OS/c1-19-17-25(20(2)33(19)22-14-12-21(13-15-22)32(3)4)28-27(26-11-6-7-16-30-26)31-29(36)34(28)23-9-8-10-24(18-23)35-5/h6-18,27-28H,1-5H3,(H,31,36)/t27-,28+/m1/s1. The lowest BCUT2D eigenvalue weighted by molar-refractivity contribution is 0.415. The van der Waals surface area contributed by atoms with Gasteiger partial charge in [0.2, 0.25) is 0 Å². The fourth-order valence-electron chi connectivity index (χ4n) is 5.09. The zero-order chi connectivity index (χ0) is 25.4. The van der Waals surface area contributed by atoms with Crippen molar-refractivity contribution in [3.05, 3.63) is 102 Å². The molecular formula is C29H31N5OS. The zero-order valence-electron chi connectivity index (χ0n) is 21.3. The first-order valence-corrected chi connectivity index (χ1v) is 12.4. The highest BCUT2D eigenvalue weighted by molar-refractivity contribution is 7.80. The highest BCUT2D eigenvalue weighted by atomic mass is 32.1. The molecule has 7 heteroatoms. The van der Waals surface area contributed by atoms with Gasteiger partial charge < -0.3 is 24.4 Å². The molecule has 6 nitrogen and oxygen atoms in total. The van der Waals surface area contributed by atoms with E-state index in [9.17, 15) is 0 Å². The molecule has 4 aromatic rings. The fourth-order valence-corrected chi connectivity index (χ4v) is 5.44. The van der Waals surface area contributed by atoms with Crippen LogP contribution in [0.4, 0.5) is 11.4 Å². The largest absolute Gasteiger partial charge is 0.497 e. The van der Waals surface area contributed by atoms with Crippen molar-refractivity contribution in [3.63, 3.8) is 0 Å². The van der Waals surface area contributed by atoms with Crippen molar-refractivity contribution in [1.29, 1.82) is 0 Å². The SMILES string of the molecule is COc1cccc(N2C(=S)N[C@H](c3ccccn3)[C@@H]2c2cc(C)n(-c3ccc(N(C)C)cc3)c2C)c1. The number of thiocarbonyl (C=S) groups is 1. The minimum atomic E-state index is -0.102. The molecular weight excluding hydrogens is 466 g/mol. The molecule has 0 bridgehead atoms. The topological polar surface area (TPSA) is 45.6 Å². The van der Waals surface area contributed by atoms with Gasteiger partial charge in [-0.25, -0.2) is 0 Å². The van der Waals surface area contributed by atoms with Crippen molar-refractivity contribution < 1.29 is 4.74 Å².